The number of anilines is 2. The smallest absolute Gasteiger partial charge is 0.244 e. The van der Waals surface area contributed by atoms with Crippen LogP contribution in [0.3, 0.4) is 0 Å². The minimum atomic E-state index is -0.604. The number of aryl methyl sites for hydroxylation is 1. The van der Waals surface area contributed by atoms with Crippen LogP contribution in [-0.4, -0.2) is 11.8 Å². The summed E-state index contributed by atoms with van der Waals surface area (Å²) < 4.78 is 0. The van der Waals surface area contributed by atoms with Crippen molar-refractivity contribution < 1.29 is 9.59 Å². The maximum absolute atomic E-state index is 11.7. The Morgan fingerprint density at radius 2 is 1.77 bits per heavy atom. The Balaban J connectivity index is 2.22. The highest BCUT2D eigenvalue weighted by Crippen LogP contribution is 2.24. The molecule has 0 aliphatic rings. The van der Waals surface area contributed by atoms with Crippen molar-refractivity contribution in [1.29, 1.82) is 0 Å². The van der Waals surface area contributed by atoms with E-state index in [4.69, 9.17) is 5.73 Å². The van der Waals surface area contributed by atoms with Crippen LogP contribution < -0.4 is 16.4 Å². The molecule has 0 saturated heterocycles. The van der Waals surface area contributed by atoms with E-state index < -0.39 is 11.9 Å². The van der Waals surface area contributed by atoms with Crippen molar-refractivity contribution in [2.45, 2.75) is 19.9 Å². The number of nitrogens with two attached hydrogens (primary N) is 1. The molecule has 0 aliphatic heterocycles. The van der Waals surface area contributed by atoms with Crippen LogP contribution in [0.15, 0.2) is 48.5 Å². The zero-order valence-electron chi connectivity index (χ0n) is 12.6. The SMILES string of the molecule is CC(=O)Nc1ccc(N[C@@H](C(N)=O)c2ccccc2)cc1C. The van der Waals surface area contributed by atoms with Crippen LogP contribution in [-0.2, 0) is 9.59 Å². The van der Waals surface area contributed by atoms with E-state index in [1.807, 2.05) is 43.3 Å². The molecule has 0 fully saturated rings. The van der Waals surface area contributed by atoms with Crippen molar-refractivity contribution in [2.75, 3.05) is 10.6 Å². The lowest BCUT2D eigenvalue weighted by atomic mass is 10.1. The molecule has 2 aromatic carbocycles. The molecule has 2 rings (SSSR count). The summed E-state index contributed by atoms with van der Waals surface area (Å²) in [7, 11) is 0. The monoisotopic (exact) mass is 297 g/mol. The number of carbonyl (C=O) groups is 2. The van der Waals surface area contributed by atoms with Gasteiger partial charge in [0.1, 0.15) is 6.04 Å². The van der Waals surface area contributed by atoms with Gasteiger partial charge in [-0.3, -0.25) is 9.59 Å². The van der Waals surface area contributed by atoms with Crippen LogP contribution in [0.5, 0.6) is 0 Å². The third-order valence-corrected chi connectivity index (χ3v) is 3.27. The quantitative estimate of drug-likeness (QED) is 0.793. The zero-order chi connectivity index (χ0) is 16.1. The average molecular weight is 297 g/mol. The first-order valence-corrected chi connectivity index (χ1v) is 6.96. The Morgan fingerprint density at radius 3 is 2.32 bits per heavy atom. The van der Waals surface area contributed by atoms with Crippen LogP contribution in [0.1, 0.15) is 24.1 Å². The van der Waals surface area contributed by atoms with Gasteiger partial charge < -0.3 is 16.4 Å². The van der Waals surface area contributed by atoms with Crippen LogP contribution in [0.2, 0.25) is 0 Å². The molecule has 0 aliphatic carbocycles. The molecular formula is C17H19N3O2. The molecule has 5 heteroatoms. The number of benzene rings is 2. The van der Waals surface area contributed by atoms with Gasteiger partial charge in [-0.1, -0.05) is 30.3 Å². The highest BCUT2D eigenvalue weighted by atomic mass is 16.2. The van der Waals surface area contributed by atoms with Gasteiger partial charge in [-0.05, 0) is 36.2 Å². The van der Waals surface area contributed by atoms with Crippen molar-refractivity contribution in [1.82, 2.24) is 0 Å². The van der Waals surface area contributed by atoms with E-state index in [-0.39, 0.29) is 5.91 Å². The second-order valence-electron chi connectivity index (χ2n) is 5.10. The molecule has 0 heterocycles. The third-order valence-electron chi connectivity index (χ3n) is 3.27. The van der Waals surface area contributed by atoms with E-state index in [1.165, 1.54) is 6.92 Å². The molecule has 0 spiro atoms. The second-order valence-corrected chi connectivity index (χ2v) is 5.10. The molecule has 0 radical (unpaired) electrons. The molecule has 1 atom stereocenters. The first-order chi connectivity index (χ1) is 10.5. The Kier molecular flexibility index (Phi) is 4.78. The van der Waals surface area contributed by atoms with Gasteiger partial charge in [0.05, 0.1) is 0 Å². The Bertz CT molecular complexity index is 684. The van der Waals surface area contributed by atoms with E-state index >= 15 is 0 Å². The molecule has 114 valence electrons. The lowest BCUT2D eigenvalue weighted by Crippen LogP contribution is -2.27. The van der Waals surface area contributed by atoms with E-state index in [0.29, 0.717) is 0 Å². The van der Waals surface area contributed by atoms with E-state index in [2.05, 4.69) is 10.6 Å². The van der Waals surface area contributed by atoms with Gasteiger partial charge in [0, 0.05) is 18.3 Å². The van der Waals surface area contributed by atoms with Gasteiger partial charge in [-0.15, -0.1) is 0 Å². The molecule has 4 N–H and O–H groups in total. The van der Waals surface area contributed by atoms with Crippen LogP contribution in [0, 0.1) is 6.92 Å². The predicted octanol–water partition coefficient (Wildman–Crippen LogP) is 2.59. The second kappa shape index (κ2) is 6.76. The Labute approximate surface area is 129 Å². The summed E-state index contributed by atoms with van der Waals surface area (Å²) in [6.45, 7) is 3.35. The summed E-state index contributed by atoms with van der Waals surface area (Å²) in [5.41, 5.74) is 8.70. The maximum Gasteiger partial charge on any atom is 0.244 e. The predicted molar refractivity (Wildman–Crippen MR) is 87.5 cm³/mol. The standard InChI is InChI=1S/C17H19N3O2/c1-11-10-14(8-9-15(11)19-12(2)21)20-16(17(18)22)13-6-4-3-5-7-13/h3-10,16,20H,1-2H3,(H2,18,22)(H,19,21)/t16-/m1/s1. The number of primary amides is 1. The topological polar surface area (TPSA) is 84.2 Å². The number of hydrogen-bond donors (Lipinski definition) is 3. The molecule has 22 heavy (non-hydrogen) atoms. The lowest BCUT2D eigenvalue weighted by Gasteiger charge is -2.18. The molecule has 5 nitrogen and oxygen atoms in total. The van der Waals surface area contributed by atoms with E-state index in [0.717, 1.165) is 22.5 Å². The number of rotatable bonds is 5. The number of nitrogens with one attached hydrogen (secondary N) is 2. The molecular weight excluding hydrogens is 278 g/mol. The summed E-state index contributed by atoms with van der Waals surface area (Å²) >= 11 is 0. The highest BCUT2D eigenvalue weighted by molar-refractivity contribution is 5.90. The van der Waals surface area contributed by atoms with Gasteiger partial charge in [0.25, 0.3) is 0 Å². The molecule has 0 saturated carbocycles. The molecule has 2 aromatic rings. The van der Waals surface area contributed by atoms with Gasteiger partial charge >= 0.3 is 0 Å². The van der Waals surface area contributed by atoms with Crippen molar-refractivity contribution in [3.63, 3.8) is 0 Å². The molecule has 0 unspecified atom stereocenters. The normalized spacial score (nSPS) is 11.5. The fourth-order valence-corrected chi connectivity index (χ4v) is 2.21. The van der Waals surface area contributed by atoms with Crippen LogP contribution in [0.4, 0.5) is 11.4 Å². The van der Waals surface area contributed by atoms with Crippen LogP contribution >= 0.6 is 0 Å². The van der Waals surface area contributed by atoms with E-state index in [1.54, 1.807) is 12.1 Å². The lowest BCUT2D eigenvalue weighted by molar-refractivity contribution is -0.119. The molecule has 0 bridgehead atoms. The fraction of sp³-hybridized carbons (Fsp3) is 0.176. The number of carbonyl (C=O) groups excluding carboxylic acids is 2. The number of amides is 2. The zero-order valence-corrected chi connectivity index (χ0v) is 12.6. The Morgan fingerprint density at radius 1 is 1.09 bits per heavy atom. The summed E-state index contributed by atoms with van der Waals surface area (Å²) in [6.07, 6.45) is 0. The van der Waals surface area contributed by atoms with Gasteiger partial charge in [0.15, 0.2) is 0 Å². The molecule has 2 amide bonds. The number of hydrogen-bond acceptors (Lipinski definition) is 3. The van der Waals surface area contributed by atoms with Crippen molar-refractivity contribution in [3.05, 3.63) is 59.7 Å². The first kappa shape index (κ1) is 15.6. The highest BCUT2D eigenvalue weighted by Gasteiger charge is 2.17. The summed E-state index contributed by atoms with van der Waals surface area (Å²) in [6, 6.07) is 14.2. The fourth-order valence-electron chi connectivity index (χ4n) is 2.21. The van der Waals surface area contributed by atoms with E-state index in [9.17, 15) is 9.59 Å². The van der Waals surface area contributed by atoms with Gasteiger partial charge in [-0.25, -0.2) is 0 Å². The third kappa shape index (κ3) is 3.85. The van der Waals surface area contributed by atoms with Gasteiger partial charge in [0.2, 0.25) is 11.8 Å². The first-order valence-electron chi connectivity index (χ1n) is 6.96. The van der Waals surface area contributed by atoms with Crippen molar-refractivity contribution in [2.24, 2.45) is 5.73 Å². The van der Waals surface area contributed by atoms with Crippen molar-refractivity contribution in [3.8, 4) is 0 Å². The summed E-state index contributed by atoms with van der Waals surface area (Å²) in [5, 5.41) is 5.88. The largest absolute Gasteiger partial charge is 0.370 e. The summed E-state index contributed by atoms with van der Waals surface area (Å²) in [5.74, 6) is -0.571. The van der Waals surface area contributed by atoms with Crippen molar-refractivity contribution >= 4 is 23.2 Å². The average Bonchev–Trinajstić information content (AvgIpc) is 2.47. The minimum absolute atomic E-state index is 0.122. The van der Waals surface area contributed by atoms with Gasteiger partial charge in [-0.2, -0.15) is 0 Å². The minimum Gasteiger partial charge on any atom is -0.370 e. The molecule has 0 aromatic heterocycles. The summed E-state index contributed by atoms with van der Waals surface area (Å²) in [4.78, 5) is 22.8. The van der Waals surface area contributed by atoms with Crippen LogP contribution in [0.25, 0.3) is 0 Å². The maximum atomic E-state index is 11.7. The Hall–Kier alpha value is -2.82.